The molecule has 0 aliphatic rings. The molecule has 0 radical (unpaired) electrons. The molecular formula is C13H11BrO4. The van der Waals surface area contributed by atoms with Gasteiger partial charge >= 0.3 is 0 Å². The van der Waals surface area contributed by atoms with E-state index in [9.17, 15) is 4.79 Å². The number of hydrogen-bond donors (Lipinski definition) is 0. The van der Waals surface area contributed by atoms with Gasteiger partial charge in [-0.3, -0.25) is 4.79 Å². The van der Waals surface area contributed by atoms with Crippen molar-refractivity contribution in [3.05, 3.63) is 46.3 Å². The lowest BCUT2D eigenvalue weighted by atomic mass is 10.0. The van der Waals surface area contributed by atoms with E-state index in [-0.39, 0.29) is 5.78 Å². The van der Waals surface area contributed by atoms with Gasteiger partial charge in [0.1, 0.15) is 17.1 Å². The second-order valence-corrected chi connectivity index (χ2v) is 4.19. The molecule has 2 rings (SSSR count). The van der Waals surface area contributed by atoms with Crippen LogP contribution in [0.1, 0.15) is 15.9 Å². The van der Waals surface area contributed by atoms with Crippen molar-refractivity contribution in [3.8, 4) is 11.5 Å². The number of benzene rings is 1. The minimum atomic E-state index is -0.218. The summed E-state index contributed by atoms with van der Waals surface area (Å²) in [6.45, 7) is 0. The standard InChI is InChI=1S/C13H11BrO4/c1-16-9-4-3-5-10(17-2)11(9)12(15)8-6-7-18-13(8)14/h3-7H,1-2H3. The molecule has 0 N–H and O–H groups in total. The third kappa shape index (κ3) is 2.13. The van der Waals surface area contributed by atoms with Crippen LogP contribution < -0.4 is 9.47 Å². The Labute approximate surface area is 113 Å². The van der Waals surface area contributed by atoms with Crippen molar-refractivity contribution in [1.29, 1.82) is 0 Å². The van der Waals surface area contributed by atoms with Gasteiger partial charge in [0.05, 0.1) is 26.0 Å². The van der Waals surface area contributed by atoms with Crippen molar-refractivity contribution in [3.63, 3.8) is 0 Å². The SMILES string of the molecule is COc1cccc(OC)c1C(=O)c1ccoc1Br. The van der Waals surface area contributed by atoms with Gasteiger partial charge in [-0.2, -0.15) is 0 Å². The summed E-state index contributed by atoms with van der Waals surface area (Å²) in [7, 11) is 3.02. The normalized spacial score (nSPS) is 10.2. The lowest BCUT2D eigenvalue weighted by molar-refractivity contribution is 0.103. The molecular weight excluding hydrogens is 300 g/mol. The van der Waals surface area contributed by atoms with Gasteiger partial charge < -0.3 is 13.9 Å². The van der Waals surface area contributed by atoms with Crippen molar-refractivity contribution in [2.24, 2.45) is 0 Å². The molecule has 1 aromatic carbocycles. The van der Waals surface area contributed by atoms with Crippen LogP contribution in [0.5, 0.6) is 11.5 Å². The Hall–Kier alpha value is -1.75. The zero-order valence-corrected chi connectivity index (χ0v) is 11.5. The Morgan fingerprint density at radius 2 is 1.78 bits per heavy atom. The van der Waals surface area contributed by atoms with Crippen LogP contribution in [-0.4, -0.2) is 20.0 Å². The molecule has 18 heavy (non-hydrogen) atoms. The van der Waals surface area contributed by atoms with Crippen LogP contribution in [0.4, 0.5) is 0 Å². The quantitative estimate of drug-likeness (QED) is 0.813. The molecule has 2 aromatic rings. The first-order valence-electron chi connectivity index (χ1n) is 5.17. The van der Waals surface area contributed by atoms with Crippen molar-refractivity contribution in [2.75, 3.05) is 14.2 Å². The van der Waals surface area contributed by atoms with E-state index in [1.807, 2.05) is 0 Å². The minimum Gasteiger partial charge on any atom is -0.496 e. The number of halogens is 1. The van der Waals surface area contributed by atoms with E-state index in [0.29, 0.717) is 27.3 Å². The van der Waals surface area contributed by atoms with E-state index in [1.54, 1.807) is 24.3 Å². The highest BCUT2D eigenvalue weighted by Crippen LogP contribution is 2.32. The maximum absolute atomic E-state index is 12.4. The Balaban J connectivity index is 2.56. The first-order chi connectivity index (χ1) is 8.69. The van der Waals surface area contributed by atoms with E-state index < -0.39 is 0 Å². The van der Waals surface area contributed by atoms with Crippen molar-refractivity contribution >= 4 is 21.7 Å². The minimum absolute atomic E-state index is 0.218. The van der Waals surface area contributed by atoms with E-state index in [4.69, 9.17) is 13.9 Å². The fourth-order valence-electron chi connectivity index (χ4n) is 1.67. The summed E-state index contributed by atoms with van der Waals surface area (Å²) in [4.78, 5) is 12.4. The van der Waals surface area contributed by atoms with Crippen molar-refractivity contribution < 1.29 is 18.7 Å². The van der Waals surface area contributed by atoms with Crippen LogP contribution in [0.2, 0.25) is 0 Å². The average Bonchev–Trinajstić information content (AvgIpc) is 2.83. The number of carbonyl (C=O) groups is 1. The van der Waals surface area contributed by atoms with Crippen LogP contribution >= 0.6 is 15.9 Å². The molecule has 1 heterocycles. The summed E-state index contributed by atoms with van der Waals surface area (Å²) in [5.41, 5.74) is 0.808. The first-order valence-corrected chi connectivity index (χ1v) is 5.97. The summed E-state index contributed by atoms with van der Waals surface area (Å²) >= 11 is 3.19. The van der Waals surface area contributed by atoms with Crippen LogP contribution in [-0.2, 0) is 0 Å². The Morgan fingerprint density at radius 1 is 1.17 bits per heavy atom. The van der Waals surface area contributed by atoms with Crippen molar-refractivity contribution in [1.82, 2.24) is 0 Å². The van der Waals surface area contributed by atoms with Crippen LogP contribution in [0.15, 0.2) is 39.6 Å². The predicted octanol–water partition coefficient (Wildman–Crippen LogP) is 3.29. The monoisotopic (exact) mass is 310 g/mol. The van der Waals surface area contributed by atoms with E-state index in [0.717, 1.165) is 0 Å². The van der Waals surface area contributed by atoms with Gasteiger partial charge in [-0.25, -0.2) is 0 Å². The highest BCUT2D eigenvalue weighted by molar-refractivity contribution is 9.10. The Kier molecular flexibility index (Phi) is 3.72. The smallest absolute Gasteiger partial charge is 0.204 e. The molecule has 1 aromatic heterocycles. The number of ketones is 1. The number of hydrogen-bond acceptors (Lipinski definition) is 4. The molecule has 0 saturated heterocycles. The molecule has 0 fully saturated rings. The van der Waals surface area contributed by atoms with Gasteiger partial charge in [-0.15, -0.1) is 0 Å². The van der Waals surface area contributed by atoms with E-state index in [2.05, 4.69) is 15.9 Å². The number of ether oxygens (including phenoxy) is 2. The third-order valence-corrected chi connectivity index (χ3v) is 3.13. The summed E-state index contributed by atoms with van der Waals surface area (Å²) in [6, 6.07) is 6.78. The highest BCUT2D eigenvalue weighted by atomic mass is 79.9. The maximum atomic E-state index is 12.4. The molecule has 5 heteroatoms. The lowest BCUT2D eigenvalue weighted by Gasteiger charge is -2.11. The third-order valence-electron chi connectivity index (χ3n) is 2.52. The second kappa shape index (κ2) is 5.27. The second-order valence-electron chi connectivity index (χ2n) is 3.47. The largest absolute Gasteiger partial charge is 0.496 e. The summed E-state index contributed by atoms with van der Waals surface area (Å²) in [5, 5.41) is 0. The van der Waals surface area contributed by atoms with E-state index >= 15 is 0 Å². The van der Waals surface area contributed by atoms with Gasteiger partial charge in [0.25, 0.3) is 0 Å². The van der Waals surface area contributed by atoms with Gasteiger partial charge in [-0.05, 0) is 34.1 Å². The number of methoxy groups -OCH3 is 2. The molecule has 0 bridgehead atoms. The summed E-state index contributed by atoms with van der Waals surface area (Å²) < 4.78 is 15.9. The molecule has 0 spiro atoms. The number of furan rings is 1. The fraction of sp³-hybridized carbons (Fsp3) is 0.154. The van der Waals surface area contributed by atoms with Gasteiger partial charge in [0.2, 0.25) is 5.78 Å². The fourth-order valence-corrected chi connectivity index (χ4v) is 2.09. The first kappa shape index (κ1) is 12.7. The van der Waals surface area contributed by atoms with Gasteiger partial charge in [0, 0.05) is 0 Å². The molecule has 0 aliphatic carbocycles. The van der Waals surface area contributed by atoms with Crippen LogP contribution in [0.25, 0.3) is 0 Å². The topological polar surface area (TPSA) is 48.7 Å². The summed E-state index contributed by atoms with van der Waals surface area (Å²) in [6.07, 6.45) is 1.44. The highest BCUT2D eigenvalue weighted by Gasteiger charge is 2.22. The summed E-state index contributed by atoms with van der Waals surface area (Å²) in [5.74, 6) is 0.713. The van der Waals surface area contributed by atoms with Gasteiger partial charge in [0.15, 0.2) is 4.67 Å². The number of carbonyl (C=O) groups excluding carboxylic acids is 1. The molecule has 0 unspecified atom stereocenters. The van der Waals surface area contributed by atoms with E-state index in [1.165, 1.54) is 20.5 Å². The molecule has 4 nitrogen and oxygen atoms in total. The van der Waals surface area contributed by atoms with Crippen LogP contribution in [0, 0.1) is 0 Å². The predicted molar refractivity (Wildman–Crippen MR) is 69.4 cm³/mol. The zero-order valence-electron chi connectivity index (χ0n) is 9.90. The average molecular weight is 311 g/mol. The Morgan fingerprint density at radius 3 is 2.22 bits per heavy atom. The molecule has 0 atom stereocenters. The van der Waals surface area contributed by atoms with Crippen molar-refractivity contribution in [2.45, 2.75) is 0 Å². The maximum Gasteiger partial charge on any atom is 0.204 e. The molecule has 0 aliphatic heterocycles. The molecule has 0 amide bonds. The molecule has 0 saturated carbocycles. The lowest BCUT2D eigenvalue weighted by Crippen LogP contribution is -2.06. The Bertz CT molecular complexity index is 552. The zero-order chi connectivity index (χ0) is 13.1. The number of rotatable bonds is 4. The van der Waals surface area contributed by atoms with Gasteiger partial charge in [-0.1, -0.05) is 6.07 Å². The molecule has 94 valence electrons. The van der Waals surface area contributed by atoms with Crippen LogP contribution in [0.3, 0.4) is 0 Å².